The van der Waals surface area contributed by atoms with Gasteiger partial charge in [0.1, 0.15) is 23.6 Å². The molecule has 0 aliphatic carbocycles. The van der Waals surface area contributed by atoms with Gasteiger partial charge in [-0.25, -0.2) is 9.97 Å². The molecule has 9 heteroatoms. The van der Waals surface area contributed by atoms with E-state index in [1.807, 2.05) is 54.6 Å². The van der Waals surface area contributed by atoms with E-state index in [2.05, 4.69) is 20.6 Å². The number of nitrogens with zero attached hydrogens (tertiary/aromatic N) is 3. The number of ether oxygens (including phenoxy) is 2. The van der Waals surface area contributed by atoms with E-state index in [-0.39, 0.29) is 17.3 Å². The van der Waals surface area contributed by atoms with Crippen LogP contribution in [0.25, 0.3) is 0 Å². The Bertz CT molecular complexity index is 1220. The van der Waals surface area contributed by atoms with E-state index in [1.165, 1.54) is 6.33 Å². The van der Waals surface area contributed by atoms with Crippen LogP contribution in [0.5, 0.6) is 17.2 Å². The van der Waals surface area contributed by atoms with E-state index < -0.39 is 4.92 Å². The molecule has 166 valence electrons. The Morgan fingerprint density at radius 3 is 2.15 bits per heavy atom. The lowest BCUT2D eigenvalue weighted by Crippen LogP contribution is -2.08. The number of nitro groups is 1. The SMILES string of the molecule is COc1ccc(CNc2ncnc(Nc3ccc(Oc4ccccc4)cc3)c2[N+](=O)[O-])cc1. The third-order valence-corrected chi connectivity index (χ3v) is 4.72. The Hall–Kier alpha value is -4.66. The Morgan fingerprint density at radius 1 is 0.848 bits per heavy atom. The fraction of sp³-hybridized carbons (Fsp3) is 0.0833. The van der Waals surface area contributed by atoms with Crippen molar-refractivity contribution in [3.63, 3.8) is 0 Å². The minimum absolute atomic E-state index is 0.0870. The van der Waals surface area contributed by atoms with Gasteiger partial charge in [-0.1, -0.05) is 30.3 Å². The largest absolute Gasteiger partial charge is 0.497 e. The first-order valence-corrected chi connectivity index (χ1v) is 10.1. The minimum atomic E-state index is -0.508. The predicted molar refractivity (Wildman–Crippen MR) is 125 cm³/mol. The van der Waals surface area contributed by atoms with Crippen molar-refractivity contribution in [2.45, 2.75) is 6.54 Å². The van der Waals surface area contributed by atoms with Crippen LogP contribution < -0.4 is 20.1 Å². The van der Waals surface area contributed by atoms with Crippen molar-refractivity contribution in [1.29, 1.82) is 0 Å². The molecule has 0 amide bonds. The van der Waals surface area contributed by atoms with Gasteiger partial charge < -0.3 is 20.1 Å². The summed E-state index contributed by atoms with van der Waals surface area (Å²) >= 11 is 0. The second-order valence-electron chi connectivity index (χ2n) is 6.94. The lowest BCUT2D eigenvalue weighted by atomic mass is 10.2. The van der Waals surface area contributed by atoms with Crippen LogP contribution in [-0.2, 0) is 6.54 Å². The summed E-state index contributed by atoms with van der Waals surface area (Å²) in [5.74, 6) is 2.31. The zero-order valence-electron chi connectivity index (χ0n) is 17.8. The Kier molecular flexibility index (Phi) is 6.60. The fourth-order valence-electron chi connectivity index (χ4n) is 3.07. The van der Waals surface area contributed by atoms with Gasteiger partial charge in [-0.05, 0) is 54.1 Å². The van der Waals surface area contributed by atoms with Crippen molar-refractivity contribution >= 4 is 23.0 Å². The summed E-state index contributed by atoms with van der Waals surface area (Å²) in [7, 11) is 1.59. The number of rotatable bonds is 9. The summed E-state index contributed by atoms with van der Waals surface area (Å²) < 4.78 is 10.9. The molecule has 4 aromatic rings. The molecule has 3 aromatic carbocycles. The monoisotopic (exact) mass is 443 g/mol. The lowest BCUT2D eigenvalue weighted by molar-refractivity contribution is -0.383. The molecule has 1 aromatic heterocycles. The van der Waals surface area contributed by atoms with Gasteiger partial charge in [0, 0.05) is 12.2 Å². The highest BCUT2D eigenvalue weighted by Gasteiger charge is 2.23. The number of aromatic nitrogens is 2. The summed E-state index contributed by atoms with van der Waals surface area (Å²) in [4.78, 5) is 19.4. The normalized spacial score (nSPS) is 10.3. The molecule has 0 bridgehead atoms. The van der Waals surface area contributed by atoms with Crippen LogP contribution in [0.2, 0.25) is 0 Å². The third kappa shape index (κ3) is 5.53. The molecule has 0 radical (unpaired) electrons. The van der Waals surface area contributed by atoms with E-state index in [1.54, 1.807) is 31.4 Å². The van der Waals surface area contributed by atoms with Crippen molar-refractivity contribution in [2.75, 3.05) is 17.7 Å². The van der Waals surface area contributed by atoms with Crippen LogP contribution in [0, 0.1) is 10.1 Å². The topological polar surface area (TPSA) is 111 Å². The Balaban J connectivity index is 1.48. The highest BCUT2D eigenvalue weighted by Crippen LogP contribution is 2.32. The Labute approximate surface area is 190 Å². The molecule has 0 fully saturated rings. The van der Waals surface area contributed by atoms with Crippen LogP contribution in [0.3, 0.4) is 0 Å². The number of hydrogen-bond acceptors (Lipinski definition) is 8. The smallest absolute Gasteiger partial charge is 0.353 e. The maximum absolute atomic E-state index is 11.8. The summed E-state index contributed by atoms with van der Waals surface area (Å²) in [5.41, 5.74) is 1.31. The second kappa shape index (κ2) is 10.1. The summed E-state index contributed by atoms with van der Waals surface area (Å²) in [6, 6.07) is 23.8. The fourth-order valence-corrected chi connectivity index (χ4v) is 3.07. The zero-order chi connectivity index (χ0) is 23.0. The lowest BCUT2D eigenvalue weighted by Gasteiger charge is -2.11. The number of anilines is 3. The molecule has 4 rings (SSSR count). The molecule has 0 unspecified atom stereocenters. The van der Waals surface area contributed by atoms with Crippen molar-refractivity contribution < 1.29 is 14.4 Å². The van der Waals surface area contributed by atoms with E-state index >= 15 is 0 Å². The van der Waals surface area contributed by atoms with Crippen molar-refractivity contribution in [1.82, 2.24) is 9.97 Å². The average molecular weight is 443 g/mol. The predicted octanol–water partition coefficient (Wildman–Crippen LogP) is 5.54. The number of hydrogen-bond donors (Lipinski definition) is 2. The van der Waals surface area contributed by atoms with Gasteiger partial charge in [0.15, 0.2) is 0 Å². The van der Waals surface area contributed by atoms with Crippen molar-refractivity contribution in [2.24, 2.45) is 0 Å². The molecule has 33 heavy (non-hydrogen) atoms. The maximum Gasteiger partial charge on any atom is 0.353 e. The quantitative estimate of drug-likeness (QED) is 0.256. The van der Waals surface area contributed by atoms with Gasteiger partial charge >= 0.3 is 5.69 Å². The van der Waals surface area contributed by atoms with E-state index in [0.717, 1.165) is 17.1 Å². The molecule has 9 nitrogen and oxygen atoms in total. The van der Waals surface area contributed by atoms with E-state index in [4.69, 9.17) is 9.47 Å². The van der Waals surface area contributed by atoms with Gasteiger partial charge in [0.05, 0.1) is 12.0 Å². The first kappa shape index (κ1) is 21.6. The Morgan fingerprint density at radius 2 is 1.48 bits per heavy atom. The molecular formula is C24H21N5O4. The van der Waals surface area contributed by atoms with Gasteiger partial charge in [-0.3, -0.25) is 10.1 Å². The van der Waals surface area contributed by atoms with Gasteiger partial charge in [-0.15, -0.1) is 0 Å². The van der Waals surface area contributed by atoms with E-state index in [0.29, 0.717) is 18.0 Å². The minimum Gasteiger partial charge on any atom is -0.497 e. The van der Waals surface area contributed by atoms with Crippen LogP contribution in [0.15, 0.2) is 85.2 Å². The first-order valence-electron chi connectivity index (χ1n) is 10.1. The first-order chi connectivity index (χ1) is 16.1. The van der Waals surface area contributed by atoms with Gasteiger partial charge in [0.25, 0.3) is 0 Å². The summed E-state index contributed by atoms with van der Waals surface area (Å²) in [6.07, 6.45) is 1.28. The molecular weight excluding hydrogens is 422 g/mol. The van der Waals surface area contributed by atoms with Crippen LogP contribution in [0.1, 0.15) is 5.56 Å². The maximum atomic E-state index is 11.8. The molecule has 0 saturated heterocycles. The third-order valence-electron chi connectivity index (χ3n) is 4.72. The standard InChI is InChI=1S/C24H21N5O4/c1-32-19-11-7-17(8-12-19)15-25-23-22(29(30)31)24(27-16-26-23)28-18-9-13-21(14-10-18)33-20-5-3-2-4-6-20/h2-14,16H,15H2,1H3,(H2,25,26,27,28). The molecule has 0 spiro atoms. The van der Waals surface area contributed by atoms with Crippen LogP contribution in [-0.4, -0.2) is 22.0 Å². The number of nitrogens with one attached hydrogen (secondary N) is 2. The van der Waals surface area contributed by atoms with Crippen molar-refractivity contribution in [3.8, 4) is 17.2 Å². The molecule has 0 saturated carbocycles. The molecule has 0 aliphatic heterocycles. The molecule has 1 heterocycles. The average Bonchev–Trinajstić information content (AvgIpc) is 2.85. The van der Waals surface area contributed by atoms with E-state index in [9.17, 15) is 10.1 Å². The summed E-state index contributed by atoms with van der Waals surface area (Å²) in [6.45, 7) is 0.354. The number of benzene rings is 3. The zero-order valence-corrected chi connectivity index (χ0v) is 17.8. The molecule has 0 aliphatic rings. The van der Waals surface area contributed by atoms with Crippen LogP contribution in [0.4, 0.5) is 23.0 Å². The van der Waals surface area contributed by atoms with Gasteiger partial charge in [-0.2, -0.15) is 0 Å². The highest BCUT2D eigenvalue weighted by molar-refractivity contribution is 5.73. The van der Waals surface area contributed by atoms with Crippen LogP contribution >= 0.6 is 0 Å². The van der Waals surface area contributed by atoms with Gasteiger partial charge in [0.2, 0.25) is 11.6 Å². The van der Waals surface area contributed by atoms with Crippen molar-refractivity contribution in [3.05, 3.63) is 101 Å². The number of para-hydroxylation sites is 1. The number of methoxy groups -OCH3 is 1. The second-order valence-corrected chi connectivity index (χ2v) is 6.94. The summed E-state index contributed by atoms with van der Waals surface area (Å²) in [5, 5.41) is 17.8. The highest BCUT2D eigenvalue weighted by atomic mass is 16.6. The molecule has 0 atom stereocenters. The molecule has 2 N–H and O–H groups in total.